The summed E-state index contributed by atoms with van der Waals surface area (Å²) in [5.41, 5.74) is 1.02. The zero-order chi connectivity index (χ0) is 14.1. The molecule has 0 amide bonds. The van der Waals surface area contributed by atoms with Crippen LogP contribution in [0, 0.1) is 10.6 Å². The van der Waals surface area contributed by atoms with Crippen molar-refractivity contribution >= 4 is 23.8 Å². The van der Waals surface area contributed by atoms with Crippen molar-refractivity contribution < 1.29 is 4.39 Å². The van der Waals surface area contributed by atoms with Gasteiger partial charge in [-0.3, -0.25) is 14.6 Å². The number of aromatic amines is 1. The summed E-state index contributed by atoms with van der Waals surface area (Å²) in [6.07, 6.45) is 3.28. The number of hydrogen-bond donors (Lipinski definition) is 1. The van der Waals surface area contributed by atoms with Gasteiger partial charge in [-0.1, -0.05) is 11.6 Å². The lowest BCUT2D eigenvalue weighted by Crippen LogP contribution is -2.00. The Morgan fingerprint density at radius 1 is 1.30 bits per heavy atom. The largest absolute Gasteiger partial charge is 0.265 e. The summed E-state index contributed by atoms with van der Waals surface area (Å²) in [4.78, 5) is 4.03. The minimum atomic E-state index is -0.472. The molecule has 4 nitrogen and oxygen atoms in total. The number of halogens is 2. The summed E-state index contributed by atoms with van der Waals surface area (Å²) < 4.78 is 15.9. The lowest BCUT2D eigenvalue weighted by Gasteiger charge is -2.08. The molecule has 0 unspecified atom stereocenters. The van der Waals surface area contributed by atoms with Crippen LogP contribution in [0.2, 0.25) is 5.02 Å². The quantitative estimate of drug-likeness (QED) is 0.733. The fraction of sp³-hybridized carbons (Fsp3) is 0. The zero-order valence-electron chi connectivity index (χ0n) is 10.0. The van der Waals surface area contributed by atoms with E-state index in [2.05, 4.69) is 15.2 Å². The Morgan fingerprint density at radius 3 is 2.85 bits per heavy atom. The number of rotatable bonds is 2. The molecule has 0 radical (unpaired) electrons. The van der Waals surface area contributed by atoms with Crippen LogP contribution in [0.15, 0.2) is 42.7 Å². The minimum Gasteiger partial charge on any atom is -0.265 e. The minimum absolute atomic E-state index is 0.284. The molecule has 2 heterocycles. The molecule has 0 fully saturated rings. The maximum absolute atomic E-state index is 14.1. The van der Waals surface area contributed by atoms with Crippen LogP contribution in [0.25, 0.3) is 17.1 Å². The van der Waals surface area contributed by atoms with Gasteiger partial charge in [-0.05, 0) is 42.5 Å². The Kier molecular flexibility index (Phi) is 3.33. The number of nitrogens with zero attached hydrogens (tertiary/aromatic N) is 3. The summed E-state index contributed by atoms with van der Waals surface area (Å²) in [6, 6.07) is 7.99. The van der Waals surface area contributed by atoms with Crippen molar-refractivity contribution in [3.05, 3.63) is 58.3 Å². The third-order valence-electron chi connectivity index (χ3n) is 2.74. The van der Waals surface area contributed by atoms with E-state index in [1.165, 1.54) is 10.6 Å². The Bertz CT molecular complexity index is 813. The van der Waals surface area contributed by atoms with Gasteiger partial charge in [-0.2, -0.15) is 5.10 Å². The van der Waals surface area contributed by atoms with Gasteiger partial charge in [0.25, 0.3) is 0 Å². The predicted octanol–water partition coefficient (Wildman–Crippen LogP) is 3.78. The molecular formula is C13H8ClFN4S. The molecule has 1 aromatic carbocycles. The van der Waals surface area contributed by atoms with E-state index in [-0.39, 0.29) is 5.69 Å². The van der Waals surface area contributed by atoms with Crippen LogP contribution < -0.4 is 0 Å². The average Bonchev–Trinajstić information content (AvgIpc) is 2.82. The van der Waals surface area contributed by atoms with Gasteiger partial charge in [0.1, 0.15) is 5.82 Å². The molecule has 2 aromatic heterocycles. The van der Waals surface area contributed by atoms with Crippen molar-refractivity contribution in [3.63, 3.8) is 0 Å². The smallest absolute Gasteiger partial charge is 0.200 e. The van der Waals surface area contributed by atoms with Gasteiger partial charge in [0.05, 0.1) is 5.69 Å². The standard InChI is InChI=1S/C13H8ClFN4S/c14-9-3-4-11(10(15)6-9)19-12(17-18-13(19)20)8-2-1-5-16-7-8/h1-7H,(H,18,20). The fourth-order valence-corrected chi connectivity index (χ4v) is 2.26. The van der Waals surface area contributed by atoms with E-state index in [1.807, 2.05) is 6.07 Å². The highest BCUT2D eigenvalue weighted by Crippen LogP contribution is 2.24. The van der Waals surface area contributed by atoms with E-state index in [0.29, 0.717) is 15.6 Å². The van der Waals surface area contributed by atoms with Crippen LogP contribution >= 0.6 is 23.8 Å². The van der Waals surface area contributed by atoms with Crippen LogP contribution in [0.5, 0.6) is 0 Å². The predicted molar refractivity (Wildman–Crippen MR) is 76.9 cm³/mol. The summed E-state index contributed by atoms with van der Waals surface area (Å²) in [6.45, 7) is 0. The molecule has 0 aliphatic heterocycles. The number of benzene rings is 1. The molecule has 3 aromatic rings. The van der Waals surface area contributed by atoms with Gasteiger partial charge in [0.15, 0.2) is 10.6 Å². The Labute approximate surface area is 123 Å². The molecule has 20 heavy (non-hydrogen) atoms. The first-order chi connectivity index (χ1) is 9.66. The summed E-state index contributed by atoms with van der Waals surface area (Å²) in [7, 11) is 0. The second-order valence-electron chi connectivity index (χ2n) is 4.03. The normalized spacial score (nSPS) is 10.7. The first kappa shape index (κ1) is 13.0. The number of nitrogens with one attached hydrogen (secondary N) is 1. The first-order valence-corrected chi connectivity index (χ1v) is 6.48. The zero-order valence-corrected chi connectivity index (χ0v) is 11.6. The monoisotopic (exact) mass is 306 g/mol. The maximum Gasteiger partial charge on any atom is 0.200 e. The van der Waals surface area contributed by atoms with Gasteiger partial charge in [-0.25, -0.2) is 4.39 Å². The SMILES string of the molecule is Fc1cc(Cl)ccc1-n1c(-c2cccnc2)n[nH]c1=S. The summed E-state index contributed by atoms with van der Waals surface area (Å²) in [5.74, 6) is 0.0180. The van der Waals surface area contributed by atoms with E-state index < -0.39 is 5.82 Å². The molecule has 0 saturated carbocycles. The first-order valence-electron chi connectivity index (χ1n) is 5.70. The van der Waals surface area contributed by atoms with Crippen molar-refractivity contribution in [1.82, 2.24) is 19.7 Å². The van der Waals surface area contributed by atoms with Crippen LogP contribution in [0.1, 0.15) is 0 Å². The molecule has 0 spiro atoms. The molecule has 0 aliphatic rings. The van der Waals surface area contributed by atoms with Crippen molar-refractivity contribution in [2.75, 3.05) is 0 Å². The second kappa shape index (κ2) is 5.15. The number of H-pyrrole nitrogens is 1. The maximum atomic E-state index is 14.1. The van der Waals surface area contributed by atoms with Crippen molar-refractivity contribution in [3.8, 4) is 17.1 Å². The number of hydrogen-bond acceptors (Lipinski definition) is 3. The van der Waals surface area contributed by atoms with Crippen LogP contribution in [-0.4, -0.2) is 19.7 Å². The third kappa shape index (κ3) is 2.23. The van der Waals surface area contributed by atoms with Gasteiger partial charge in [-0.15, -0.1) is 0 Å². The number of aromatic nitrogens is 4. The Morgan fingerprint density at radius 2 is 2.15 bits per heavy atom. The second-order valence-corrected chi connectivity index (χ2v) is 4.85. The molecule has 0 saturated heterocycles. The Hall–Kier alpha value is -2.05. The third-order valence-corrected chi connectivity index (χ3v) is 3.25. The average molecular weight is 307 g/mol. The fourth-order valence-electron chi connectivity index (χ4n) is 1.87. The molecule has 1 N–H and O–H groups in total. The molecule has 7 heteroatoms. The van der Waals surface area contributed by atoms with E-state index in [1.54, 1.807) is 30.6 Å². The van der Waals surface area contributed by atoms with Crippen LogP contribution in [-0.2, 0) is 0 Å². The summed E-state index contributed by atoms with van der Waals surface area (Å²) >= 11 is 10.9. The van der Waals surface area contributed by atoms with Gasteiger partial charge in [0.2, 0.25) is 0 Å². The molecule has 100 valence electrons. The highest BCUT2D eigenvalue weighted by molar-refractivity contribution is 7.71. The van der Waals surface area contributed by atoms with Gasteiger partial charge >= 0.3 is 0 Å². The van der Waals surface area contributed by atoms with E-state index in [9.17, 15) is 4.39 Å². The van der Waals surface area contributed by atoms with Crippen molar-refractivity contribution in [2.24, 2.45) is 0 Å². The lowest BCUT2D eigenvalue weighted by atomic mass is 10.2. The molecule has 3 rings (SSSR count). The van der Waals surface area contributed by atoms with E-state index >= 15 is 0 Å². The lowest BCUT2D eigenvalue weighted by molar-refractivity contribution is 0.618. The van der Waals surface area contributed by atoms with Gasteiger partial charge < -0.3 is 0 Å². The van der Waals surface area contributed by atoms with Crippen molar-refractivity contribution in [2.45, 2.75) is 0 Å². The molecular weight excluding hydrogens is 299 g/mol. The summed E-state index contributed by atoms with van der Waals surface area (Å²) in [5, 5.41) is 7.12. The molecule has 0 atom stereocenters. The highest BCUT2D eigenvalue weighted by atomic mass is 35.5. The van der Waals surface area contributed by atoms with E-state index in [0.717, 1.165) is 5.56 Å². The Balaban J connectivity index is 2.25. The van der Waals surface area contributed by atoms with Crippen molar-refractivity contribution in [1.29, 1.82) is 0 Å². The molecule has 0 bridgehead atoms. The van der Waals surface area contributed by atoms with Crippen LogP contribution in [0.3, 0.4) is 0 Å². The highest BCUT2D eigenvalue weighted by Gasteiger charge is 2.14. The molecule has 0 aliphatic carbocycles. The van der Waals surface area contributed by atoms with Crippen LogP contribution in [0.4, 0.5) is 4.39 Å². The topological polar surface area (TPSA) is 46.5 Å². The van der Waals surface area contributed by atoms with Gasteiger partial charge in [0, 0.05) is 23.0 Å². The number of pyridine rings is 1. The van der Waals surface area contributed by atoms with E-state index in [4.69, 9.17) is 23.8 Å².